The number of benzene rings is 3. The molecule has 0 atom stereocenters. The van der Waals surface area contributed by atoms with Gasteiger partial charge in [0.1, 0.15) is 0 Å². The molecule has 4 aromatic rings. The second-order valence-electron chi connectivity index (χ2n) is 6.77. The molecule has 0 unspecified atom stereocenters. The SMILES string of the molecule is Cc1ccc(S(=O)(=O)N(C)c2ccc(C(=O)Nc3nc4ccccc4s3)cc2)cc1. The van der Waals surface area contributed by atoms with Gasteiger partial charge in [0, 0.05) is 12.6 Å². The van der Waals surface area contributed by atoms with E-state index in [4.69, 9.17) is 0 Å². The summed E-state index contributed by atoms with van der Waals surface area (Å²) in [6.07, 6.45) is 0. The lowest BCUT2D eigenvalue weighted by Gasteiger charge is -2.20. The summed E-state index contributed by atoms with van der Waals surface area (Å²) in [5.74, 6) is -0.301. The van der Waals surface area contributed by atoms with Crippen LogP contribution in [-0.2, 0) is 10.0 Å². The van der Waals surface area contributed by atoms with Crippen molar-refractivity contribution in [1.82, 2.24) is 4.98 Å². The molecule has 0 aliphatic rings. The van der Waals surface area contributed by atoms with Crippen LogP contribution in [0.25, 0.3) is 10.2 Å². The molecule has 152 valence electrons. The fraction of sp³-hybridized carbons (Fsp3) is 0.0909. The summed E-state index contributed by atoms with van der Waals surface area (Å²) in [6, 6.07) is 20.8. The Balaban J connectivity index is 1.51. The molecule has 1 amide bonds. The number of nitrogens with zero attached hydrogens (tertiary/aromatic N) is 2. The van der Waals surface area contributed by atoms with Gasteiger partial charge < -0.3 is 0 Å². The third kappa shape index (κ3) is 3.92. The van der Waals surface area contributed by atoms with E-state index in [1.807, 2.05) is 31.2 Å². The Labute approximate surface area is 178 Å². The van der Waals surface area contributed by atoms with Gasteiger partial charge in [-0.3, -0.25) is 14.4 Å². The van der Waals surface area contributed by atoms with Gasteiger partial charge in [-0.15, -0.1) is 0 Å². The van der Waals surface area contributed by atoms with Crippen LogP contribution in [0.5, 0.6) is 0 Å². The first-order chi connectivity index (χ1) is 14.3. The third-order valence-corrected chi connectivity index (χ3v) is 7.44. The molecule has 0 aliphatic carbocycles. The fourth-order valence-corrected chi connectivity index (χ4v) is 4.98. The number of aryl methyl sites for hydroxylation is 1. The minimum absolute atomic E-state index is 0.216. The van der Waals surface area contributed by atoms with Crippen LogP contribution in [0, 0.1) is 6.92 Å². The van der Waals surface area contributed by atoms with Crippen LogP contribution < -0.4 is 9.62 Å². The summed E-state index contributed by atoms with van der Waals surface area (Å²) < 4.78 is 27.9. The average molecular weight is 438 g/mol. The van der Waals surface area contributed by atoms with Gasteiger partial charge in [-0.2, -0.15) is 0 Å². The van der Waals surface area contributed by atoms with Crippen molar-refractivity contribution >= 4 is 48.3 Å². The molecule has 0 saturated heterocycles. The molecular weight excluding hydrogens is 418 g/mol. The van der Waals surface area contributed by atoms with E-state index in [0.717, 1.165) is 15.8 Å². The molecule has 0 bridgehead atoms. The number of amides is 1. The lowest BCUT2D eigenvalue weighted by atomic mass is 10.2. The first-order valence-corrected chi connectivity index (χ1v) is 11.4. The maximum atomic E-state index is 12.8. The van der Waals surface area contributed by atoms with Crippen molar-refractivity contribution in [3.05, 3.63) is 83.9 Å². The van der Waals surface area contributed by atoms with E-state index >= 15 is 0 Å². The normalized spacial score (nSPS) is 11.4. The van der Waals surface area contributed by atoms with Crippen molar-refractivity contribution in [2.24, 2.45) is 0 Å². The van der Waals surface area contributed by atoms with Gasteiger partial charge in [0.05, 0.1) is 20.8 Å². The highest BCUT2D eigenvalue weighted by molar-refractivity contribution is 7.92. The van der Waals surface area contributed by atoms with Crippen LogP contribution in [0.3, 0.4) is 0 Å². The molecule has 8 heteroatoms. The second kappa shape index (κ2) is 7.89. The fourth-order valence-electron chi connectivity index (χ4n) is 2.92. The van der Waals surface area contributed by atoms with E-state index < -0.39 is 10.0 Å². The highest BCUT2D eigenvalue weighted by Gasteiger charge is 2.21. The number of para-hydroxylation sites is 1. The molecule has 0 fully saturated rings. The van der Waals surface area contributed by atoms with Crippen LogP contribution in [0.4, 0.5) is 10.8 Å². The maximum Gasteiger partial charge on any atom is 0.264 e. The highest BCUT2D eigenvalue weighted by Crippen LogP contribution is 2.26. The molecule has 1 aromatic heterocycles. The number of sulfonamides is 1. The van der Waals surface area contributed by atoms with Gasteiger partial charge >= 0.3 is 0 Å². The van der Waals surface area contributed by atoms with Gasteiger partial charge in [-0.1, -0.05) is 41.2 Å². The molecule has 0 radical (unpaired) electrons. The Morgan fingerprint density at radius 1 is 0.967 bits per heavy atom. The standard InChI is InChI=1S/C22H19N3O3S2/c1-15-7-13-18(14-8-15)30(27,28)25(2)17-11-9-16(10-12-17)21(26)24-22-23-19-5-3-4-6-20(19)29-22/h3-14H,1-2H3,(H,23,24,26). The Morgan fingerprint density at radius 3 is 2.30 bits per heavy atom. The van der Waals surface area contributed by atoms with Crippen LogP contribution in [-0.4, -0.2) is 26.4 Å². The molecule has 1 N–H and O–H groups in total. The lowest BCUT2D eigenvalue weighted by molar-refractivity contribution is 0.102. The summed E-state index contributed by atoms with van der Waals surface area (Å²) in [7, 11) is -2.19. The van der Waals surface area contributed by atoms with Gasteiger partial charge in [-0.05, 0) is 55.5 Å². The first kappa shape index (κ1) is 20.1. The molecular formula is C22H19N3O3S2. The molecule has 1 heterocycles. The third-order valence-electron chi connectivity index (χ3n) is 4.69. The van der Waals surface area contributed by atoms with Crippen molar-refractivity contribution in [2.75, 3.05) is 16.7 Å². The lowest BCUT2D eigenvalue weighted by Crippen LogP contribution is -2.26. The monoisotopic (exact) mass is 437 g/mol. The first-order valence-electron chi connectivity index (χ1n) is 9.17. The smallest absolute Gasteiger partial charge is 0.264 e. The summed E-state index contributed by atoms with van der Waals surface area (Å²) >= 11 is 1.40. The number of carbonyl (C=O) groups is 1. The Hall–Kier alpha value is -3.23. The number of anilines is 2. The minimum atomic E-state index is -3.68. The van der Waals surface area contributed by atoms with E-state index in [9.17, 15) is 13.2 Å². The number of carbonyl (C=O) groups excluding carboxylic acids is 1. The predicted octanol–water partition coefficient (Wildman–Crippen LogP) is 4.68. The molecule has 30 heavy (non-hydrogen) atoms. The molecule has 0 saturated carbocycles. The number of hydrogen-bond acceptors (Lipinski definition) is 5. The van der Waals surface area contributed by atoms with Gasteiger partial charge in [0.25, 0.3) is 15.9 Å². The number of rotatable bonds is 5. The quantitative estimate of drug-likeness (QED) is 0.492. The zero-order valence-corrected chi connectivity index (χ0v) is 18.0. The van der Waals surface area contributed by atoms with Crippen molar-refractivity contribution in [3.63, 3.8) is 0 Å². The predicted molar refractivity (Wildman–Crippen MR) is 121 cm³/mol. The van der Waals surface area contributed by atoms with Crippen molar-refractivity contribution in [3.8, 4) is 0 Å². The van der Waals surface area contributed by atoms with Crippen LogP contribution in [0.15, 0.2) is 77.7 Å². The van der Waals surface area contributed by atoms with Gasteiger partial charge in [0.15, 0.2) is 5.13 Å². The van der Waals surface area contributed by atoms with Crippen molar-refractivity contribution in [2.45, 2.75) is 11.8 Å². The molecule has 0 aliphatic heterocycles. The van der Waals surface area contributed by atoms with Crippen molar-refractivity contribution < 1.29 is 13.2 Å². The maximum absolute atomic E-state index is 12.8. The number of hydrogen-bond donors (Lipinski definition) is 1. The van der Waals surface area contributed by atoms with E-state index in [1.165, 1.54) is 22.7 Å². The molecule has 3 aromatic carbocycles. The molecule has 6 nitrogen and oxygen atoms in total. The summed E-state index contributed by atoms with van der Waals surface area (Å²) in [5, 5.41) is 3.31. The highest BCUT2D eigenvalue weighted by atomic mass is 32.2. The number of nitrogens with one attached hydrogen (secondary N) is 1. The van der Waals surface area contributed by atoms with Crippen LogP contribution >= 0.6 is 11.3 Å². The van der Waals surface area contributed by atoms with Gasteiger partial charge in [-0.25, -0.2) is 13.4 Å². The Bertz CT molecular complexity index is 1280. The largest absolute Gasteiger partial charge is 0.298 e. The average Bonchev–Trinajstić information content (AvgIpc) is 3.16. The topological polar surface area (TPSA) is 79.4 Å². The number of aromatic nitrogens is 1. The molecule has 4 rings (SSSR count). The summed E-state index contributed by atoms with van der Waals surface area (Å²) in [6.45, 7) is 1.90. The Morgan fingerprint density at radius 2 is 1.63 bits per heavy atom. The Kier molecular flexibility index (Phi) is 5.27. The summed E-state index contributed by atoms with van der Waals surface area (Å²) in [5.41, 5.74) is 2.70. The second-order valence-corrected chi connectivity index (χ2v) is 9.77. The minimum Gasteiger partial charge on any atom is -0.298 e. The van der Waals surface area contributed by atoms with E-state index in [0.29, 0.717) is 16.4 Å². The number of fused-ring (bicyclic) bond motifs is 1. The van der Waals surface area contributed by atoms with Gasteiger partial charge in [0.2, 0.25) is 0 Å². The van der Waals surface area contributed by atoms with E-state index in [-0.39, 0.29) is 10.8 Å². The van der Waals surface area contributed by atoms with Crippen molar-refractivity contribution in [1.29, 1.82) is 0 Å². The van der Waals surface area contributed by atoms with E-state index in [2.05, 4.69) is 10.3 Å². The zero-order valence-electron chi connectivity index (χ0n) is 16.4. The van der Waals surface area contributed by atoms with Crippen LogP contribution in [0.1, 0.15) is 15.9 Å². The summed E-state index contributed by atoms with van der Waals surface area (Å²) in [4.78, 5) is 17.2. The zero-order chi connectivity index (χ0) is 21.3. The van der Waals surface area contributed by atoms with E-state index in [1.54, 1.807) is 48.5 Å². The van der Waals surface area contributed by atoms with Crippen LogP contribution in [0.2, 0.25) is 0 Å². The number of thiazole rings is 1. The molecule has 0 spiro atoms.